The molecular weight excluding hydrogens is 310 g/mol. The fourth-order valence-electron chi connectivity index (χ4n) is 1.55. The SMILES string of the molecule is CC(=O)N[C@@H](C(=O)NCC(=O)OC(C)(C)C)C(C)(C)SN=O. The Morgan fingerprint density at radius 2 is 1.73 bits per heavy atom. The minimum absolute atomic E-state index is 0.332. The quantitative estimate of drug-likeness (QED) is 0.410. The molecule has 0 heterocycles. The number of carbonyl (C=O) groups is 3. The van der Waals surface area contributed by atoms with Crippen LogP contribution in [0.15, 0.2) is 4.58 Å². The number of nitrogens with zero attached hydrogens (tertiary/aromatic N) is 1. The first kappa shape index (κ1) is 20.4. The smallest absolute Gasteiger partial charge is 0.325 e. The first-order valence-electron chi connectivity index (χ1n) is 6.66. The Hall–Kier alpha value is -1.64. The van der Waals surface area contributed by atoms with Gasteiger partial charge in [0.2, 0.25) is 11.8 Å². The van der Waals surface area contributed by atoms with E-state index in [1.165, 1.54) is 6.92 Å². The zero-order valence-electron chi connectivity index (χ0n) is 13.7. The molecule has 0 fully saturated rings. The van der Waals surface area contributed by atoms with E-state index < -0.39 is 34.2 Å². The lowest BCUT2D eigenvalue weighted by atomic mass is 10.0. The molecule has 126 valence electrons. The maximum Gasteiger partial charge on any atom is 0.325 e. The van der Waals surface area contributed by atoms with Gasteiger partial charge in [0.15, 0.2) is 0 Å². The second-order valence-corrected chi connectivity index (χ2v) is 7.59. The van der Waals surface area contributed by atoms with Crippen molar-refractivity contribution in [3.05, 3.63) is 4.91 Å². The number of rotatable bonds is 7. The van der Waals surface area contributed by atoms with Crippen LogP contribution in [-0.2, 0) is 19.1 Å². The molecule has 22 heavy (non-hydrogen) atoms. The van der Waals surface area contributed by atoms with Gasteiger partial charge in [-0.15, -0.1) is 4.91 Å². The van der Waals surface area contributed by atoms with Crippen LogP contribution in [0.1, 0.15) is 41.5 Å². The predicted octanol–water partition coefficient (Wildman–Crippen LogP) is 1.14. The van der Waals surface area contributed by atoms with Crippen LogP contribution in [-0.4, -0.2) is 40.7 Å². The molecule has 0 aromatic heterocycles. The van der Waals surface area contributed by atoms with Crippen LogP contribution >= 0.6 is 11.9 Å². The predicted molar refractivity (Wildman–Crippen MR) is 83.9 cm³/mol. The van der Waals surface area contributed by atoms with Crippen molar-refractivity contribution in [2.45, 2.75) is 57.9 Å². The lowest BCUT2D eigenvalue weighted by Gasteiger charge is -2.30. The third-order valence-electron chi connectivity index (χ3n) is 2.40. The third kappa shape index (κ3) is 7.96. The summed E-state index contributed by atoms with van der Waals surface area (Å²) in [6, 6.07) is -1.02. The molecule has 0 aliphatic rings. The molecular formula is C13H23N3O5S. The molecule has 9 heteroatoms. The van der Waals surface area contributed by atoms with Crippen molar-refractivity contribution in [2.24, 2.45) is 4.58 Å². The second-order valence-electron chi connectivity index (χ2n) is 6.21. The summed E-state index contributed by atoms with van der Waals surface area (Å²) in [6.45, 7) is 9.23. The summed E-state index contributed by atoms with van der Waals surface area (Å²) in [7, 11) is 0. The minimum Gasteiger partial charge on any atom is -0.459 e. The van der Waals surface area contributed by atoms with E-state index in [0.717, 1.165) is 0 Å². The van der Waals surface area contributed by atoms with Crippen LogP contribution in [0.4, 0.5) is 0 Å². The number of hydrogen-bond acceptors (Lipinski definition) is 7. The monoisotopic (exact) mass is 333 g/mol. The van der Waals surface area contributed by atoms with E-state index in [0.29, 0.717) is 11.9 Å². The van der Waals surface area contributed by atoms with E-state index in [2.05, 4.69) is 15.2 Å². The van der Waals surface area contributed by atoms with Gasteiger partial charge >= 0.3 is 5.97 Å². The molecule has 0 radical (unpaired) electrons. The van der Waals surface area contributed by atoms with Gasteiger partial charge in [0.05, 0.1) is 4.75 Å². The van der Waals surface area contributed by atoms with Gasteiger partial charge in [-0.2, -0.15) is 0 Å². The van der Waals surface area contributed by atoms with Gasteiger partial charge in [0, 0.05) is 23.5 Å². The van der Waals surface area contributed by atoms with E-state index in [-0.39, 0.29) is 6.54 Å². The van der Waals surface area contributed by atoms with Crippen molar-refractivity contribution in [3.8, 4) is 0 Å². The van der Waals surface area contributed by atoms with Gasteiger partial charge in [-0.1, -0.05) is 0 Å². The summed E-state index contributed by atoms with van der Waals surface area (Å²) < 4.78 is 6.81. The Kier molecular flexibility index (Phi) is 7.51. The van der Waals surface area contributed by atoms with Crippen molar-refractivity contribution < 1.29 is 19.1 Å². The third-order valence-corrected chi connectivity index (χ3v) is 3.19. The molecule has 0 aromatic carbocycles. The summed E-state index contributed by atoms with van der Waals surface area (Å²) in [6.07, 6.45) is 0. The highest BCUT2D eigenvalue weighted by molar-refractivity contribution is 7.99. The van der Waals surface area contributed by atoms with Gasteiger partial charge in [0.25, 0.3) is 0 Å². The van der Waals surface area contributed by atoms with Crippen LogP contribution in [0.2, 0.25) is 0 Å². The second kappa shape index (κ2) is 8.11. The molecule has 0 spiro atoms. The van der Waals surface area contributed by atoms with Crippen molar-refractivity contribution in [2.75, 3.05) is 6.54 Å². The molecule has 0 unspecified atom stereocenters. The van der Waals surface area contributed by atoms with Gasteiger partial charge in [-0.05, 0) is 34.6 Å². The fourth-order valence-corrected chi connectivity index (χ4v) is 2.01. The van der Waals surface area contributed by atoms with Gasteiger partial charge in [-0.25, -0.2) is 0 Å². The molecule has 0 bridgehead atoms. The number of nitroso groups, excluding NO2 is 1. The number of ether oxygens (including phenoxy) is 1. The summed E-state index contributed by atoms with van der Waals surface area (Å²) in [4.78, 5) is 45.5. The highest BCUT2D eigenvalue weighted by Crippen LogP contribution is 2.29. The molecule has 2 amide bonds. The Labute approximate surface area is 134 Å². The highest BCUT2D eigenvalue weighted by Gasteiger charge is 2.38. The van der Waals surface area contributed by atoms with Crippen LogP contribution in [0.25, 0.3) is 0 Å². The molecule has 2 N–H and O–H groups in total. The van der Waals surface area contributed by atoms with Crippen LogP contribution in [0.3, 0.4) is 0 Å². The Morgan fingerprint density at radius 3 is 2.14 bits per heavy atom. The summed E-state index contributed by atoms with van der Waals surface area (Å²) in [5, 5.41) is 4.84. The zero-order valence-corrected chi connectivity index (χ0v) is 14.5. The van der Waals surface area contributed by atoms with Crippen molar-refractivity contribution >= 4 is 29.7 Å². The van der Waals surface area contributed by atoms with Gasteiger partial charge in [-0.3, -0.25) is 14.4 Å². The molecule has 0 saturated heterocycles. The van der Waals surface area contributed by atoms with E-state index in [1.807, 2.05) is 0 Å². The molecule has 0 rings (SSSR count). The fraction of sp³-hybridized carbons (Fsp3) is 0.769. The van der Waals surface area contributed by atoms with E-state index in [4.69, 9.17) is 4.74 Å². The number of hydrogen-bond donors (Lipinski definition) is 2. The summed E-state index contributed by atoms with van der Waals surface area (Å²) in [5.74, 6) is -1.62. The Morgan fingerprint density at radius 1 is 1.18 bits per heavy atom. The lowest BCUT2D eigenvalue weighted by Crippen LogP contribution is -2.56. The maximum absolute atomic E-state index is 12.2. The van der Waals surface area contributed by atoms with Gasteiger partial charge in [0.1, 0.15) is 18.2 Å². The average molecular weight is 333 g/mol. The summed E-state index contributed by atoms with van der Waals surface area (Å²) >= 11 is 0.634. The van der Waals surface area contributed by atoms with E-state index in [1.54, 1.807) is 34.6 Å². The topological polar surface area (TPSA) is 114 Å². The van der Waals surface area contributed by atoms with Crippen molar-refractivity contribution in [1.82, 2.24) is 10.6 Å². The zero-order chi connectivity index (χ0) is 17.6. The standard InChI is InChI=1S/C13H23N3O5S/c1-8(17)15-10(13(5,6)22-16-20)11(19)14-7-9(18)21-12(2,3)4/h10H,7H2,1-6H3,(H,14,19)(H,15,17)/t10-/m0/s1. The van der Waals surface area contributed by atoms with Crippen LogP contribution in [0.5, 0.6) is 0 Å². The molecule has 1 atom stereocenters. The minimum atomic E-state index is -1.02. The molecule has 8 nitrogen and oxygen atoms in total. The largest absolute Gasteiger partial charge is 0.459 e. The molecule has 0 aliphatic heterocycles. The Balaban J connectivity index is 4.81. The van der Waals surface area contributed by atoms with E-state index in [9.17, 15) is 19.3 Å². The molecule has 0 aromatic rings. The van der Waals surface area contributed by atoms with Crippen LogP contribution in [0, 0.1) is 4.91 Å². The number of esters is 1. The first-order chi connectivity index (χ1) is 9.89. The van der Waals surface area contributed by atoms with Crippen molar-refractivity contribution in [1.29, 1.82) is 0 Å². The summed E-state index contributed by atoms with van der Waals surface area (Å²) in [5.41, 5.74) is -0.657. The maximum atomic E-state index is 12.2. The van der Waals surface area contributed by atoms with Gasteiger partial charge < -0.3 is 15.4 Å². The lowest BCUT2D eigenvalue weighted by molar-refractivity contribution is -0.154. The normalized spacial score (nSPS) is 13.0. The van der Waals surface area contributed by atoms with Crippen molar-refractivity contribution in [3.63, 3.8) is 0 Å². The number of carbonyl (C=O) groups excluding carboxylic acids is 3. The Bertz CT molecular complexity index is 445. The molecule has 0 saturated carbocycles. The molecule has 0 aliphatic carbocycles. The number of nitrogens with one attached hydrogen (secondary N) is 2. The number of amides is 2. The highest BCUT2D eigenvalue weighted by atomic mass is 32.2. The first-order valence-corrected chi connectivity index (χ1v) is 7.44. The average Bonchev–Trinajstić information content (AvgIpc) is 2.30. The van der Waals surface area contributed by atoms with Crippen LogP contribution < -0.4 is 10.6 Å². The van der Waals surface area contributed by atoms with E-state index >= 15 is 0 Å².